The molecule has 1 saturated heterocycles. The number of ether oxygens (including phenoxy) is 2. The third-order valence-corrected chi connectivity index (χ3v) is 3.58. The molecule has 0 bridgehead atoms. The van der Waals surface area contributed by atoms with Crippen molar-refractivity contribution in [2.45, 2.75) is 31.5 Å². The van der Waals surface area contributed by atoms with Gasteiger partial charge in [-0.1, -0.05) is 0 Å². The van der Waals surface area contributed by atoms with Crippen LogP contribution in [0.15, 0.2) is 18.2 Å². The van der Waals surface area contributed by atoms with Gasteiger partial charge in [-0.25, -0.2) is 0 Å². The number of aliphatic hydroxyl groups excluding tert-OH is 1. The molecular formula is C14H19NO3. The Bertz CT molecular complexity index is 416. The third kappa shape index (κ3) is 2.44. The van der Waals surface area contributed by atoms with E-state index in [2.05, 4.69) is 5.32 Å². The van der Waals surface area contributed by atoms with Crippen LogP contribution >= 0.6 is 0 Å². The van der Waals surface area contributed by atoms with Crippen molar-refractivity contribution in [2.24, 2.45) is 0 Å². The van der Waals surface area contributed by atoms with E-state index in [0.717, 1.165) is 43.0 Å². The summed E-state index contributed by atoms with van der Waals surface area (Å²) in [6.45, 7) is 2.62. The van der Waals surface area contributed by atoms with Gasteiger partial charge in [0.2, 0.25) is 0 Å². The van der Waals surface area contributed by atoms with E-state index < -0.39 is 6.10 Å². The van der Waals surface area contributed by atoms with Gasteiger partial charge >= 0.3 is 0 Å². The standard InChI is InChI=1S/C14H19NO3/c16-13-5-8-17-14-2-1-11(9-12(13)14)18-10-3-6-15-7-4-10/h1-2,9-10,13,15-16H,3-8H2. The Morgan fingerprint density at radius 1 is 1.22 bits per heavy atom. The van der Waals surface area contributed by atoms with Gasteiger partial charge in [0.1, 0.15) is 17.6 Å². The van der Waals surface area contributed by atoms with Gasteiger partial charge in [-0.05, 0) is 44.1 Å². The van der Waals surface area contributed by atoms with Gasteiger partial charge in [0.15, 0.2) is 0 Å². The van der Waals surface area contributed by atoms with E-state index in [1.807, 2.05) is 18.2 Å². The maximum absolute atomic E-state index is 9.95. The number of hydrogen-bond donors (Lipinski definition) is 2. The summed E-state index contributed by atoms with van der Waals surface area (Å²) in [6.07, 6.45) is 2.59. The highest BCUT2D eigenvalue weighted by Crippen LogP contribution is 2.35. The van der Waals surface area contributed by atoms with E-state index >= 15 is 0 Å². The highest BCUT2D eigenvalue weighted by molar-refractivity contribution is 5.42. The molecule has 1 fully saturated rings. The lowest BCUT2D eigenvalue weighted by Gasteiger charge is -2.26. The number of aliphatic hydroxyl groups is 1. The molecule has 18 heavy (non-hydrogen) atoms. The highest BCUT2D eigenvalue weighted by Gasteiger charge is 2.21. The minimum absolute atomic E-state index is 0.283. The normalized spacial score (nSPS) is 24.2. The van der Waals surface area contributed by atoms with Crippen LogP contribution < -0.4 is 14.8 Å². The summed E-state index contributed by atoms with van der Waals surface area (Å²) in [5, 5.41) is 13.3. The van der Waals surface area contributed by atoms with E-state index in [1.54, 1.807) is 0 Å². The van der Waals surface area contributed by atoms with Crippen LogP contribution in [0.4, 0.5) is 0 Å². The monoisotopic (exact) mass is 249 g/mol. The molecule has 0 spiro atoms. The fourth-order valence-electron chi connectivity index (χ4n) is 2.53. The van der Waals surface area contributed by atoms with E-state index in [-0.39, 0.29) is 6.10 Å². The largest absolute Gasteiger partial charge is 0.493 e. The van der Waals surface area contributed by atoms with E-state index in [0.29, 0.717) is 13.0 Å². The Balaban J connectivity index is 1.74. The van der Waals surface area contributed by atoms with Crippen LogP contribution in [0.1, 0.15) is 30.9 Å². The van der Waals surface area contributed by atoms with E-state index in [4.69, 9.17) is 9.47 Å². The fraction of sp³-hybridized carbons (Fsp3) is 0.571. The van der Waals surface area contributed by atoms with Crippen LogP contribution in [0.5, 0.6) is 11.5 Å². The molecule has 3 rings (SSSR count). The third-order valence-electron chi connectivity index (χ3n) is 3.58. The molecule has 4 heteroatoms. The zero-order chi connectivity index (χ0) is 12.4. The summed E-state index contributed by atoms with van der Waals surface area (Å²) in [4.78, 5) is 0. The summed E-state index contributed by atoms with van der Waals surface area (Å²) < 4.78 is 11.5. The molecule has 0 radical (unpaired) electrons. The first-order valence-corrected chi connectivity index (χ1v) is 6.65. The number of benzene rings is 1. The van der Waals surface area contributed by atoms with E-state index in [9.17, 15) is 5.11 Å². The zero-order valence-electron chi connectivity index (χ0n) is 10.4. The summed E-state index contributed by atoms with van der Waals surface area (Å²) in [5.74, 6) is 1.62. The van der Waals surface area contributed by atoms with Gasteiger partial charge in [-0.2, -0.15) is 0 Å². The van der Waals surface area contributed by atoms with Crippen LogP contribution in [0.25, 0.3) is 0 Å². The number of fused-ring (bicyclic) bond motifs is 1. The van der Waals surface area contributed by atoms with Crippen molar-refractivity contribution in [2.75, 3.05) is 19.7 Å². The first kappa shape index (κ1) is 11.8. The quantitative estimate of drug-likeness (QED) is 0.836. The second-order valence-electron chi connectivity index (χ2n) is 4.92. The molecule has 2 aliphatic heterocycles. The fourth-order valence-corrected chi connectivity index (χ4v) is 2.53. The van der Waals surface area contributed by atoms with Crippen molar-refractivity contribution >= 4 is 0 Å². The maximum atomic E-state index is 9.95. The molecule has 98 valence electrons. The smallest absolute Gasteiger partial charge is 0.125 e. The Morgan fingerprint density at radius 3 is 2.89 bits per heavy atom. The van der Waals surface area contributed by atoms with Gasteiger partial charge in [0.25, 0.3) is 0 Å². The summed E-state index contributed by atoms with van der Waals surface area (Å²) in [7, 11) is 0. The Labute approximate surface area is 107 Å². The van der Waals surface area contributed by atoms with Crippen LogP contribution in [0.2, 0.25) is 0 Å². The lowest BCUT2D eigenvalue weighted by Crippen LogP contribution is -2.34. The topological polar surface area (TPSA) is 50.7 Å². The molecule has 4 nitrogen and oxygen atoms in total. The van der Waals surface area contributed by atoms with Crippen molar-refractivity contribution < 1.29 is 14.6 Å². The molecule has 2 N–H and O–H groups in total. The van der Waals surface area contributed by atoms with Crippen molar-refractivity contribution in [3.05, 3.63) is 23.8 Å². The van der Waals surface area contributed by atoms with Crippen LogP contribution in [0, 0.1) is 0 Å². The van der Waals surface area contributed by atoms with Crippen LogP contribution in [0.3, 0.4) is 0 Å². The SMILES string of the molecule is OC1CCOc2ccc(OC3CCNCC3)cc21. The highest BCUT2D eigenvalue weighted by atomic mass is 16.5. The molecular weight excluding hydrogens is 230 g/mol. The lowest BCUT2D eigenvalue weighted by molar-refractivity contribution is 0.113. The zero-order valence-corrected chi connectivity index (χ0v) is 10.4. The molecule has 0 amide bonds. The van der Waals surface area contributed by atoms with Crippen LogP contribution in [-0.2, 0) is 0 Å². The van der Waals surface area contributed by atoms with E-state index in [1.165, 1.54) is 0 Å². The van der Waals surface area contributed by atoms with Gasteiger partial charge in [0.05, 0.1) is 12.7 Å². The van der Waals surface area contributed by atoms with Gasteiger partial charge in [-0.15, -0.1) is 0 Å². The minimum Gasteiger partial charge on any atom is -0.493 e. The molecule has 1 atom stereocenters. The molecule has 1 aromatic carbocycles. The summed E-state index contributed by atoms with van der Waals surface area (Å²) in [6, 6.07) is 5.74. The van der Waals surface area contributed by atoms with Crippen molar-refractivity contribution in [3.8, 4) is 11.5 Å². The molecule has 1 aromatic rings. The number of hydrogen-bond acceptors (Lipinski definition) is 4. The predicted molar refractivity (Wildman–Crippen MR) is 68.0 cm³/mol. The average molecular weight is 249 g/mol. The number of nitrogens with one attached hydrogen (secondary N) is 1. The second kappa shape index (κ2) is 5.16. The Kier molecular flexibility index (Phi) is 3.39. The summed E-state index contributed by atoms with van der Waals surface area (Å²) >= 11 is 0. The Hall–Kier alpha value is -1.26. The predicted octanol–water partition coefficient (Wildman–Crippen LogP) is 1.63. The lowest BCUT2D eigenvalue weighted by atomic mass is 10.0. The van der Waals surface area contributed by atoms with Gasteiger partial charge < -0.3 is 19.9 Å². The number of piperidine rings is 1. The Morgan fingerprint density at radius 2 is 2.06 bits per heavy atom. The maximum Gasteiger partial charge on any atom is 0.125 e. The summed E-state index contributed by atoms with van der Waals surface area (Å²) in [5.41, 5.74) is 0.854. The van der Waals surface area contributed by atoms with Crippen molar-refractivity contribution in [1.82, 2.24) is 5.32 Å². The van der Waals surface area contributed by atoms with Gasteiger partial charge in [-0.3, -0.25) is 0 Å². The first-order valence-electron chi connectivity index (χ1n) is 6.65. The molecule has 2 heterocycles. The first-order chi connectivity index (χ1) is 8.83. The second-order valence-corrected chi connectivity index (χ2v) is 4.92. The number of rotatable bonds is 2. The minimum atomic E-state index is -0.426. The molecule has 1 unspecified atom stereocenters. The van der Waals surface area contributed by atoms with Crippen molar-refractivity contribution in [3.63, 3.8) is 0 Å². The molecule has 0 aromatic heterocycles. The molecule has 2 aliphatic rings. The average Bonchev–Trinajstić information content (AvgIpc) is 2.41. The molecule has 0 saturated carbocycles. The molecule has 0 aliphatic carbocycles. The van der Waals surface area contributed by atoms with Crippen molar-refractivity contribution in [1.29, 1.82) is 0 Å². The van der Waals surface area contributed by atoms with Crippen LogP contribution in [-0.4, -0.2) is 30.9 Å². The van der Waals surface area contributed by atoms with Gasteiger partial charge in [0, 0.05) is 12.0 Å².